The van der Waals surface area contributed by atoms with E-state index in [4.69, 9.17) is 5.73 Å². The van der Waals surface area contributed by atoms with Crippen LogP contribution in [0.4, 0.5) is 0 Å². The normalized spacial score (nSPS) is 9.73. The number of benzene rings is 1. The van der Waals surface area contributed by atoms with Gasteiger partial charge in [0.1, 0.15) is 0 Å². The van der Waals surface area contributed by atoms with E-state index in [1.165, 1.54) is 24.0 Å². The average Bonchev–Trinajstić information content (AvgIpc) is 3.04. The van der Waals surface area contributed by atoms with E-state index in [0.717, 1.165) is 23.4 Å². The highest BCUT2D eigenvalue weighted by Crippen LogP contribution is 2.22. The van der Waals surface area contributed by atoms with Crippen molar-refractivity contribution < 1.29 is 0 Å². The zero-order chi connectivity index (χ0) is 16.2. The second-order valence-corrected chi connectivity index (χ2v) is 5.97. The highest BCUT2D eigenvalue weighted by Gasteiger charge is 2.00. The molecular formula is C18H25N3S. The van der Waals surface area contributed by atoms with Crippen LogP contribution >= 0.6 is 11.8 Å². The smallest absolute Gasteiger partial charge is 0.0565 e. The number of aromatic amines is 1. The molecule has 0 bridgehead atoms. The molecule has 22 heavy (non-hydrogen) atoms. The number of hydrogen-bond acceptors (Lipinski definition) is 3. The quantitative estimate of drug-likeness (QED) is 0.775. The van der Waals surface area contributed by atoms with Gasteiger partial charge in [-0.2, -0.15) is 5.10 Å². The number of unbranched alkanes of at least 4 members (excludes halogenated alkanes) is 1. The van der Waals surface area contributed by atoms with Gasteiger partial charge in [0, 0.05) is 18.2 Å². The molecule has 1 aromatic carbocycles. The van der Waals surface area contributed by atoms with Crippen molar-refractivity contribution in [3.05, 3.63) is 65.7 Å². The molecule has 118 valence electrons. The van der Waals surface area contributed by atoms with Crippen LogP contribution in [0, 0.1) is 0 Å². The van der Waals surface area contributed by atoms with Gasteiger partial charge in [-0.3, -0.25) is 5.10 Å². The predicted octanol–water partition coefficient (Wildman–Crippen LogP) is 4.75. The molecule has 0 aliphatic rings. The van der Waals surface area contributed by atoms with Crippen molar-refractivity contribution in [2.75, 3.05) is 6.54 Å². The molecule has 0 amide bonds. The molecule has 3 N–H and O–H groups in total. The Balaban J connectivity index is 0.000000422. The summed E-state index contributed by atoms with van der Waals surface area (Å²) >= 11 is 1.58. The Bertz CT molecular complexity index is 542. The Kier molecular flexibility index (Phi) is 9.03. The minimum atomic E-state index is 0.844. The fourth-order valence-corrected chi connectivity index (χ4v) is 2.30. The number of hydrogen-bond donors (Lipinski definition) is 2. The summed E-state index contributed by atoms with van der Waals surface area (Å²) in [6.07, 6.45) is 6.97. The topological polar surface area (TPSA) is 54.7 Å². The molecule has 1 aromatic heterocycles. The number of thioether (sulfide) groups is 1. The Morgan fingerprint density at radius 3 is 2.50 bits per heavy atom. The van der Waals surface area contributed by atoms with Crippen LogP contribution in [0.25, 0.3) is 11.1 Å². The van der Waals surface area contributed by atoms with Gasteiger partial charge in [-0.1, -0.05) is 50.8 Å². The van der Waals surface area contributed by atoms with Crippen molar-refractivity contribution >= 4 is 11.8 Å². The number of aromatic nitrogens is 2. The lowest BCUT2D eigenvalue weighted by Crippen LogP contribution is -1.95. The van der Waals surface area contributed by atoms with Crippen molar-refractivity contribution in [1.29, 1.82) is 0 Å². The van der Waals surface area contributed by atoms with Crippen molar-refractivity contribution in [1.82, 2.24) is 10.2 Å². The van der Waals surface area contributed by atoms with Gasteiger partial charge in [-0.05, 0) is 34.4 Å². The van der Waals surface area contributed by atoms with Crippen molar-refractivity contribution in [3.63, 3.8) is 0 Å². The van der Waals surface area contributed by atoms with E-state index >= 15 is 0 Å². The van der Waals surface area contributed by atoms with Crippen LogP contribution in [0.15, 0.2) is 60.1 Å². The first-order valence-corrected chi connectivity index (χ1v) is 8.32. The van der Waals surface area contributed by atoms with Gasteiger partial charge in [-0.15, -0.1) is 11.8 Å². The SMILES string of the molecule is C=CSC(=C)Cc1ccc(-c2cn[nH]c2)cc1.CCCCN. The molecule has 0 radical (unpaired) electrons. The summed E-state index contributed by atoms with van der Waals surface area (Å²) in [6.45, 7) is 10.6. The summed E-state index contributed by atoms with van der Waals surface area (Å²) in [4.78, 5) is 1.11. The highest BCUT2D eigenvalue weighted by atomic mass is 32.2. The standard InChI is InChI=1S/C14H14N2S.C4H11N/c1-3-17-11(2)8-12-4-6-13(7-5-12)14-9-15-16-10-14;1-2-3-4-5/h3-7,9-10H,1-2,8H2,(H,15,16);2-5H2,1H3. The molecule has 1 heterocycles. The first-order chi connectivity index (χ1) is 10.7. The zero-order valence-corrected chi connectivity index (χ0v) is 14.0. The molecule has 3 nitrogen and oxygen atoms in total. The lowest BCUT2D eigenvalue weighted by Gasteiger charge is -2.03. The van der Waals surface area contributed by atoms with E-state index in [9.17, 15) is 0 Å². The van der Waals surface area contributed by atoms with E-state index in [1.54, 1.807) is 11.8 Å². The number of nitrogens with one attached hydrogen (secondary N) is 1. The third-order valence-corrected chi connectivity index (χ3v) is 3.64. The van der Waals surface area contributed by atoms with Crippen molar-refractivity contribution in [2.24, 2.45) is 5.73 Å². The maximum atomic E-state index is 5.14. The van der Waals surface area contributed by atoms with E-state index in [1.807, 2.05) is 17.8 Å². The second kappa shape index (κ2) is 10.9. The van der Waals surface area contributed by atoms with Crippen LogP contribution in [-0.4, -0.2) is 16.7 Å². The van der Waals surface area contributed by atoms with Crippen LogP contribution < -0.4 is 5.73 Å². The molecule has 0 saturated heterocycles. The van der Waals surface area contributed by atoms with Gasteiger partial charge < -0.3 is 5.73 Å². The van der Waals surface area contributed by atoms with Crippen LogP contribution in [0.2, 0.25) is 0 Å². The Morgan fingerprint density at radius 2 is 2.05 bits per heavy atom. The molecule has 0 fully saturated rings. The van der Waals surface area contributed by atoms with E-state index in [-0.39, 0.29) is 0 Å². The number of nitrogens with zero attached hydrogens (tertiary/aromatic N) is 1. The molecule has 2 aromatic rings. The molecular weight excluding hydrogens is 290 g/mol. The maximum absolute atomic E-state index is 5.14. The van der Waals surface area contributed by atoms with Crippen LogP contribution in [-0.2, 0) is 6.42 Å². The first kappa shape index (κ1) is 18.3. The summed E-state index contributed by atoms with van der Waals surface area (Å²) in [6, 6.07) is 8.45. The fourth-order valence-electron chi connectivity index (χ4n) is 1.82. The molecule has 2 rings (SSSR count). The van der Waals surface area contributed by atoms with Gasteiger partial charge in [-0.25, -0.2) is 0 Å². The van der Waals surface area contributed by atoms with Crippen LogP contribution in [0.5, 0.6) is 0 Å². The summed E-state index contributed by atoms with van der Waals surface area (Å²) in [5, 5.41) is 8.56. The van der Waals surface area contributed by atoms with E-state index in [2.05, 4.69) is 54.5 Å². The minimum absolute atomic E-state index is 0.844. The van der Waals surface area contributed by atoms with E-state index < -0.39 is 0 Å². The molecule has 0 atom stereocenters. The lowest BCUT2D eigenvalue weighted by molar-refractivity contribution is 0.807. The molecule has 0 aliphatic heterocycles. The lowest BCUT2D eigenvalue weighted by atomic mass is 10.1. The molecule has 0 unspecified atom stereocenters. The van der Waals surface area contributed by atoms with Crippen LogP contribution in [0.3, 0.4) is 0 Å². The van der Waals surface area contributed by atoms with Crippen molar-refractivity contribution in [3.8, 4) is 11.1 Å². The number of rotatable bonds is 7. The van der Waals surface area contributed by atoms with Gasteiger partial charge in [0.15, 0.2) is 0 Å². The van der Waals surface area contributed by atoms with Gasteiger partial charge in [0.2, 0.25) is 0 Å². The molecule has 0 aliphatic carbocycles. The van der Waals surface area contributed by atoms with E-state index in [0.29, 0.717) is 0 Å². The van der Waals surface area contributed by atoms with Crippen molar-refractivity contribution in [2.45, 2.75) is 26.2 Å². The summed E-state index contributed by atoms with van der Waals surface area (Å²) in [5.41, 5.74) is 8.68. The maximum Gasteiger partial charge on any atom is 0.0565 e. The second-order valence-electron chi connectivity index (χ2n) is 4.83. The Labute approximate surface area is 137 Å². The van der Waals surface area contributed by atoms with Gasteiger partial charge in [0.25, 0.3) is 0 Å². The monoisotopic (exact) mass is 315 g/mol. The minimum Gasteiger partial charge on any atom is -0.330 e. The van der Waals surface area contributed by atoms with Gasteiger partial charge >= 0.3 is 0 Å². The Morgan fingerprint density at radius 1 is 1.32 bits per heavy atom. The number of H-pyrrole nitrogens is 1. The summed E-state index contributed by atoms with van der Waals surface area (Å²) < 4.78 is 0. The predicted molar refractivity (Wildman–Crippen MR) is 98.6 cm³/mol. The third-order valence-electron chi connectivity index (χ3n) is 2.99. The molecule has 4 heteroatoms. The summed E-state index contributed by atoms with van der Waals surface area (Å²) in [7, 11) is 0. The number of allylic oxidation sites excluding steroid dienone is 1. The van der Waals surface area contributed by atoms with Crippen LogP contribution in [0.1, 0.15) is 25.3 Å². The number of nitrogens with two attached hydrogens (primary N) is 1. The Hall–Kier alpha value is -1.78. The summed E-state index contributed by atoms with van der Waals surface area (Å²) in [5.74, 6) is 0. The molecule has 0 spiro atoms. The largest absolute Gasteiger partial charge is 0.330 e. The average molecular weight is 315 g/mol. The fraction of sp³-hybridized carbons (Fsp3) is 0.278. The highest BCUT2D eigenvalue weighted by molar-refractivity contribution is 8.05. The third kappa shape index (κ3) is 6.78. The zero-order valence-electron chi connectivity index (χ0n) is 13.2. The van der Waals surface area contributed by atoms with Gasteiger partial charge in [0.05, 0.1) is 6.20 Å². The first-order valence-electron chi connectivity index (χ1n) is 7.44. The molecule has 0 saturated carbocycles.